The van der Waals surface area contributed by atoms with E-state index < -0.39 is 17.7 Å². The number of aliphatic carboxylic acids is 2. The minimum atomic E-state index is -1.46. The Morgan fingerprint density at radius 3 is 2.47 bits per heavy atom. The zero-order valence-corrected chi connectivity index (χ0v) is 9.56. The van der Waals surface area contributed by atoms with Gasteiger partial charge in [-0.2, -0.15) is 0 Å². The van der Waals surface area contributed by atoms with Gasteiger partial charge in [-0.15, -0.1) is 0 Å². The van der Waals surface area contributed by atoms with Gasteiger partial charge in [0.2, 0.25) is 5.76 Å². The molecule has 0 radical (unpaired) electrons. The molecule has 0 aliphatic rings. The van der Waals surface area contributed by atoms with Gasteiger partial charge >= 0.3 is 11.9 Å². The Hall–Kier alpha value is -2.01. The zero-order valence-electron chi connectivity index (χ0n) is 8.81. The smallest absolute Gasteiger partial charge is 0.372 e. The summed E-state index contributed by atoms with van der Waals surface area (Å²) in [6.45, 7) is 1.67. The molecule has 90 valence electrons. The highest BCUT2D eigenvalue weighted by Gasteiger charge is 2.13. The van der Waals surface area contributed by atoms with Crippen LogP contribution in [0.2, 0.25) is 5.02 Å². The van der Waals surface area contributed by atoms with Gasteiger partial charge in [0.1, 0.15) is 5.75 Å². The van der Waals surface area contributed by atoms with Crippen molar-refractivity contribution < 1.29 is 24.5 Å². The number of carboxylic acid groups (broad SMARTS) is 2. The van der Waals surface area contributed by atoms with Gasteiger partial charge in [-0.3, -0.25) is 0 Å². The van der Waals surface area contributed by atoms with E-state index in [9.17, 15) is 9.59 Å². The maximum atomic E-state index is 10.7. The van der Waals surface area contributed by atoms with Gasteiger partial charge in [-0.25, -0.2) is 9.59 Å². The van der Waals surface area contributed by atoms with E-state index in [1.807, 2.05) is 0 Å². The van der Waals surface area contributed by atoms with Crippen LogP contribution in [0.1, 0.15) is 5.56 Å². The van der Waals surface area contributed by atoms with Crippen LogP contribution in [0, 0.1) is 6.92 Å². The van der Waals surface area contributed by atoms with Gasteiger partial charge in [0.25, 0.3) is 0 Å². The van der Waals surface area contributed by atoms with Crippen LogP contribution in [0.3, 0.4) is 0 Å². The molecule has 0 bridgehead atoms. The molecule has 5 nitrogen and oxygen atoms in total. The van der Waals surface area contributed by atoms with Crippen LogP contribution >= 0.6 is 11.6 Å². The van der Waals surface area contributed by atoms with Crippen molar-refractivity contribution in [1.82, 2.24) is 0 Å². The van der Waals surface area contributed by atoms with Crippen LogP contribution in [-0.4, -0.2) is 22.2 Å². The lowest BCUT2D eigenvalue weighted by molar-refractivity contribution is -0.137. The number of halogens is 1. The van der Waals surface area contributed by atoms with Gasteiger partial charge < -0.3 is 14.9 Å². The van der Waals surface area contributed by atoms with E-state index in [1.165, 1.54) is 12.1 Å². The summed E-state index contributed by atoms with van der Waals surface area (Å²) in [7, 11) is 0. The van der Waals surface area contributed by atoms with Crippen molar-refractivity contribution >= 4 is 23.5 Å². The van der Waals surface area contributed by atoms with E-state index in [0.29, 0.717) is 16.7 Å². The topological polar surface area (TPSA) is 83.8 Å². The molecule has 0 atom stereocenters. The van der Waals surface area contributed by atoms with Crippen LogP contribution in [0.25, 0.3) is 0 Å². The molecule has 0 heterocycles. The maximum Gasteiger partial charge on any atom is 0.372 e. The Balaban J connectivity index is 3.02. The summed E-state index contributed by atoms with van der Waals surface area (Å²) in [5.74, 6) is -3.28. The first kappa shape index (κ1) is 13.1. The number of ether oxygens (including phenoxy) is 1. The second-order valence-electron chi connectivity index (χ2n) is 3.16. The largest absolute Gasteiger partial charge is 0.478 e. The van der Waals surface area contributed by atoms with Crippen molar-refractivity contribution in [3.05, 3.63) is 40.6 Å². The quantitative estimate of drug-likeness (QED) is 0.636. The number of carboxylic acids is 2. The number of rotatable bonds is 4. The monoisotopic (exact) mass is 256 g/mol. The molecule has 0 fully saturated rings. The lowest BCUT2D eigenvalue weighted by atomic mass is 10.2. The minimum absolute atomic E-state index is 0.240. The predicted molar refractivity (Wildman–Crippen MR) is 60.2 cm³/mol. The van der Waals surface area contributed by atoms with Crippen LogP contribution in [-0.2, 0) is 9.59 Å². The second-order valence-corrected chi connectivity index (χ2v) is 3.60. The average Bonchev–Trinajstić information content (AvgIpc) is 2.19. The van der Waals surface area contributed by atoms with E-state index in [1.54, 1.807) is 13.0 Å². The van der Waals surface area contributed by atoms with Crippen LogP contribution in [0.5, 0.6) is 5.75 Å². The molecule has 0 spiro atoms. The van der Waals surface area contributed by atoms with E-state index in [0.717, 1.165) is 0 Å². The normalized spacial score (nSPS) is 11.1. The van der Waals surface area contributed by atoms with Crippen LogP contribution in [0.4, 0.5) is 0 Å². The fourth-order valence-corrected chi connectivity index (χ4v) is 1.32. The standard InChI is InChI=1S/C11H9ClO5/c1-6-4-7(12)2-3-8(6)17-9(11(15)16)5-10(13)14/h2-5H,1H3,(H,13,14)(H,15,16). The number of aryl methyl sites for hydroxylation is 1. The molecule has 0 saturated heterocycles. The SMILES string of the molecule is Cc1cc(Cl)ccc1OC(=CC(=O)O)C(=O)O. The van der Waals surface area contributed by atoms with Crippen molar-refractivity contribution in [2.45, 2.75) is 6.92 Å². The third kappa shape index (κ3) is 3.81. The Kier molecular flexibility index (Phi) is 4.12. The summed E-state index contributed by atoms with van der Waals surface area (Å²) in [6, 6.07) is 4.57. The van der Waals surface area contributed by atoms with Crippen molar-refractivity contribution in [3.8, 4) is 5.75 Å². The van der Waals surface area contributed by atoms with Crippen molar-refractivity contribution in [2.24, 2.45) is 0 Å². The summed E-state index contributed by atoms with van der Waals surface area (Å²) in [5, 5.41) is 17.7. The Morgan fingerprint density at radius 2 is 2.00 bits per heavy atom. The van der Waals surface area contributed by atoms with Crippen LogP contribution < -0.4 is 4.74 Å². The third-order valence-electron chi connectivity index (χ3n) is 1.82. The lowest BCUT2D eigenvalue weighted by Crippen LogP contribution is -2.10. The first-order valence-corrected chi connectivity index (χ1v) is 4.90. The average molecular weight is 257 g/mol. The molecule has 0 unspecified atom stereocenters. The van der Waals surface area contributed by atoms with Crippen molar-refractivity contribution in [2.75, 3.05) is 0 Å². The van der Waals surface area contributed by atoms with E-state index >= 15 is 0 Å². The molecule has 1 aromatic carbocycles. The highest BCUT2D eigenvalue weighted by molar-refractivity contribution is 6.30. The number of benzene rings is 1. The molecule has 0 aromatic heterocycles. The highest BCUT2D eigenvalue weighted by Crippen LogP contribution is 2.23. The molecule has 1 aromatic rings. The van der Waals surface area contributed by atoms with E-state index in [4.69, 9.17) is 26.6 Å². The molecule has 6 heteroatoms. The summed E-state index contributed by atoms with van der Waals surface area (Å²) in [4.78, 5) is 21.1. The predicted octanol–water partition coefficient (Wildman–Crippen LogP) is 2.08. The second kappa shape index (κ2) is 5.36. The molecule has 0 aliphatic heterocycles. The van der Waals surface area contributed by atoms with Gasteiger partial charge in [0, 0.05) is 5.02 Å². The summed E-state index contributed by atoms with van der Waals surface area (Å²) in [6.07, 6.45) is 0.483. The van der Waals surface area contributed by atoms with Gasteiger partial charge in [-0.05, 0) is 30.7 Å². The Labute approximate surface area is 102 Å². The van der Waals surface area contributed by atoms with Crippen LogP contribution in [0.15, 0.2) is 30.0 Å². The van der Waals surface area contributed by atoms with Crippen molar-refractivity contribution in [3.63, 3.8) is 0 Å². The first-order valence-electron chi connectivity index (χ1n) is 4.52. The fraction of sp³-hybridized carbons (Fsp3) is 0.0909. The highest BCUT2D eigenvalue weighted by atomic mass is 35.5. The number of carbonyl (C=O) groups is 2. The van der Waals surface area contributed by atoms with Gasteiger partial charge in [0.15, 0.2) is 0 Å². The van der Waals surface area contributed by atoms with E-state index in [2.05, 4.69) is 0 Å². The third-order valence-corrected chi connectivity index (χ3v) is 2.06. The van der Waals surface area contributed by atoms with E-state index in [-0.39, 0.29) is 5.75 Å². The maximum absolute atomic E-state index is 10.7. The van der Waals surface area contributed by atoms with Crippen molar-refractivity contribution in [1.29, 1.82) is 0 Å². The van der Waals surface area contributed by atoms with Gasteiger partial charge in [0.05, 0.1) is 6.08 Å². The minimum Gasteiger partial charge on any atom is -0.478 e. The molecule has 0 amide bonds. The first-order chi connectivity index (χ1) is 7.90. The molecule has 0 saturated carbocycles. The summed E-state index contributed by atoms with van der Waals surface area (Å²) in [5.41, 5.74) is 0.607. The Bertz CT molecular complexity index is 493. The van der Waals surface area contributed by atoms with Gasteiger partial charge in [-0.1, -0.05) is 11.6 Å². The molecule has 2 N–H and O–H groups in total. The Morgan fingerprint density at radius 1 is 1.35 bits per heavy atom. The molecule has 17 heavy (non-hydrogen) atoms. The zero-order chi connectivity index (χ0) is 13.0. The number of hydrogen-bond acceptors (Lipinski definition) is 3. The molecular weight excluding hydrogens is 248 g/mol. The number of hydrogen-bond donors (Lipinski definition) is 2. The molecular formula is C11H9ClO5. The molecule has 1 rings (SSSR count). The summed E-state index contributed by atoms with van der Waals surface area (Å²) < 4.78 is 4.99. The fourth-order valence-electron chi connectivity index (χ4n) is 1.09. The summed E-state index contributed by atoms with van der Waals surface area (Å²) >= 11 is 5.72. The molecule has 0 aliphatic carbocycles. The lowest BCUT2D eigenvalue weighted by Gasteiger charge is -2.08.